The van der Waals surface area contributed by atoms with Crippen LogP contribution < -0.4 is 4.72 Å². The van der Waals surface area contributed by atoms with Crippen LogP contribution in [0.4, 0.5) is 0 Å². The Bertz CT molecular complexity index is 1420. The van der Waals surface area contributed by atoms with Gasteiger partial charge < -0.3 is 15.0 Å². The highest BCUT2D eigenvalue weighted by molar-refractivity contribution is 7.89. The number of imidazole rings is 1. The SMILES string of the molecule is CC1CCN(C(=O)C(Cc2ccc3[nH]cnc3c2)NS(=O)(=O)c2cc(C(C)(C)C)c(O)c(C(C)(C)C)c2)CC1. The van der Waals surface area contributed by atoms with Crippen LogP contribution in [0, 0.1) is 5.92 Å². The average Bonchev–Trinajstić information content (AvgIpc) is 3.30. The number of aromatic amines is 1. The standard InChI is InChI=1S/C30H42N4O4S/c1-19-10-12-34(13-11-19)28(36)26(15-20-8-9-24-25(14-20)32-18-31-24)33-39(37,38)21-16-22(29(2,3)4)27(35)23(17-21)30(5,6)7/h8-9,14,16-19,26,33,35H,10-13,15H2,1-7H3,(H,31,32). The second-order valence-electron chi connectivity index (χ2n) is 13.0. The molecule has 1 fully saturated rings. The lowest BCUT2D eigenvalue weighted by atomic mass is 9.79. The molecule has 1 amide bonds. The number of nitrogens with zero attached hydrogens (tertiary/aromatic N) is 2. The zero-order valence-corrected chi connectivity index (χ0v) is 24.9. The summed E-state index contributed by atoms with van der Waals surface area (Å²) in [5.74, 6) is 0.421. The van der Waals surface area contributed by atoms with E-state index in [1.165, 1.54) is 12.1 Å². The second kappa shape index (κ2) is 10.6. The number of H-pyrrole nitrogens is 1. The van der Waals surface area contributed by atoms with Crippen LogP contribution in [-0.2, 0) is 32.1 Å². The van der Waals surface area contributed by atoms with E-state index in [-0.39, 0.29) is 23.0 Å². The smallest absolute Gasteiger partial charge is 0.241 e. The number of aromatic hydroxyl groups is 1. The summed E-state index contributed by atoms with van der Waals surface area (Å²) >= 11 is 0. The van der Waals surface area contributed by atoms with Crippen molar-refractivity contribution >= 4 is 27.0 Å². The Kier molecular flexibility index (Phi) is 7.89. The van der Waals surface area contributed by atoms with Crippen molar-refractivity contribution in [1.29, 1.82) is 0 Å². The molecule has 8 nitrogen and oxygen atoms in total. The number of nitrogens with one attached hydrogen (secondary N) is 2. The Morgan fingerprint density at radius 2 is 1.67 bits per heavy atom. The molecular weight excluding hydrogens is 512 g/mol. The third kappa shape index (κ3) is 6.47. The van der Waals surface area contributed by atoms with Gasteiger partial charge in [0, 0.05) is 24.2 Å². The van der Waals surface area contributed by atoms with Gasteiger partial charge in [0.25, 0.3) is 0 Å². The molecule has 39 heavy (non-hydrogen) atoms. The second-order valence-corrected chi connectivity index (χ2v) is 14.7. The molecule has 1 aliphatic heterocycles. The van der Waals surface area contributed by atoms with Crippen LogP contribution in [0.3, 0.4) is 0 Å². The minimum Gasteiger partial charge on any atom is -0.507 e. The first kappa shape index (κ1) is 29.1. The third-order valence-electron chi connectivity index (χ3n) is 7.63. The summed E-state index contributed by atoms with van der Waals surface area (Å²) in [7, 11) is -4.12. The first-order valence-electron chi connectivity index (χ1n) is 13.7. The number of phenols is 1. The number of sulfonamides is 1. The number of amides is 1. The lowest BCUT2D eigenvalue weighted by molar-refractivity contribution is -0.134. The minimum absolute atomic E-state index is 0.0444. The van der Waals surface area contributed by atoms with Gasteiger partial charge in [-0.15, -0.1) is 0 Å². The summed E-state index contributed by atoms with van der Waals surface area (Å²) in [4.78, 5) is 23.0. The highest BCUT2D eigenvalue weighted by Crippen LogP contribution is 2.40. The molecule has 0 saturated carbocycles. The Morgan fingerprint density at radius 1 is 1.08 bits per heavy atom. The van der Waals surface area contributed by atoms with Crippen LogP contribution in [-0.4, -0.2) is 53.4 Å². The first-order chi connectivity index (χ1) is 18.1. The molecular formula is C30H42N4O4S. The van der Waals surface area contributed by atoms with E-state index in [1.54, 1.807) is 11.2 Å². The molecule has 1 aromatic heterocycles. The molecule has 0 bridgehead atoms. The number of piperidine rings is 1. The molecule has 212 valence electrons. The lowest BCUT2D eigenvalue weighted by Gasteiger charge is -2.33. The molecule has 9 heteroatoms. The molecule has 3 aromatic rings. The topological polar surface area (TPSA) is 115 Å². The van der Waals surface area contributed by atoms with Crippen molar-refractivity contribution in [3.05, 3.63) is 53.3 Å². The number of rotatable bonds is 6. The highest BCUT2D eigenvalue weighted by atomic mass is 32.2. The summed E-state index contributed by atoms with van der Waals surface area (Å²) in [6.45, 7) is 15.0. The number of phenolic OH excluding ortho intramolecular Hbond substituents is 1. The van der Waals surface area contributed by atoms with E-state index in [0.717, 1.165) is 29.4 Å². The van der Waals surface area contributed by atoms with E-state index in [4.69, 9.17) is 0 Å². The van der Waals surface area contributed by atoms with Gasteiger partial charge in [0.15, 0.2) is 0 Å². The Morgan fingerprint density at radius 3 is 2.23 bits per heavy atom. The molecule has 1 unspecified atom stereocenters. The number of fused-ring (bicyclic) bond motifs is 1. The molecule has 1 aliphatic rings. The van der Waals surface area contributed by atoms with Gasteiger partial charge in [-0.2, -0.15) is 4.72 Å². The fourth-order valence-electron chi connectivity index (χ4n) is 5.13. The quantitative estimate of drug-likeness (QED) is 0.396. The number of likely N-dealkylation sites (tertiary alicyclic amines) is 1. The fraction of sp³-hybridized carbons (Fsp3) is 0.533. The average molecular weight is 555 g/mol. The fourth-order valence-corrected chi connectivity index (χ4v) is 6.37. The molecule has 2 heterocycles. The largest absolute Gasteiger partial charge is 0.507 e. The van der Waals surface area contributed by atoms with Gasteiger partial charge in [-0.25, -0.2) is 13.4 Å². The van der Waals surface area contributed by atoms with E-state index < -0.39 is 26.9 Å². The van der Waals surface area contributed by atoms with Gasteiger partial charge in [-0.3, -0.25) is 4.79 Å². The summed E-state index contributed by atoms with van der Waals surface area (Å²) in [6, 6.07) is 7.75. The van der Waals surface area contributed by atoms with Crippen LogP contribution in [0.25, 0.3) is 11.0 Å². The Hall–Kier alpha value is -2.91. The lowest BCUT2D eigenvalue weighted by Crippen LogP contribution is -2.51. The van der Waals surface area contributed by atoms with Gasteiger partial charge in [0.05, 0.1) is 22.3 Å². The summed E-state index contributed by atoms with van der Waals surface area (Å²) in [6.07, 6.45) is 3.60. The predicted molar refractivity (Wildman–Crippen MR) is 154 cm³/mol. The van der Waals surface area contributed by atoms with Gasteiger partial charge in [-0.05, 0) is 65.8 Å². The summed E-state index contributed by atoms with van der Waals surface area (Å²) in [5.41, 5.74) is 2.57. The minimum atomic E-state index is -4.12. The van der Waals surface area contributed by atoms with Crippen molar-refractivity contribution in [3.63, 3.8) is 0 Å². The van der Waals surface area contributed by atoms with E-state index in [1.807, 2.05) is 59.7 Å². The number of hydrogen-bond acceptors (Lipinski definition) is 5. The Labute approximate surface area is 232 Å². The normalized spacial score (nSPS) is 16.5. The van der Waals surface area contributed by atoms with E-state index in [2.05, 4.69) is 21.6 Å². The van der Waals surface area contributed by atoms with Crippen molar-refractivity contribution in [3.8, 4) is 5.75 Å². The van der Waals surface area contributed by atoms with Crippen LogP contribution in [0.5, 0.6) is 5.75 Å². The zero-order chi connectivity index (χ0) is 28.8. The molecule has 1 atom stereocenters. The van der Waals surface area contributed by atoms with Gasteiger partial charge in [-0.1, -0.05) is 54.5 Å². The molecule has 0 spiro atoms. The maximum Gasteiger partial charge on any atom is 0.241 e. The number of hydrogen-bond donors (Lipinski definition) is 3. The Balaban J connectivity index is 1.74. The molecule has 1 saturated heterocycles. The molecule has 0 aliphatic carbocycles. The number of aromatic nitrogens is 2. The predicted octanol–water partition coefficient (Wildman–Crippen LogP) is 5.01. The third-order valence-corrected chi connectivity index (χ3v) is 9.08. The van der Waals surface area contributed by atoms with Crippen molar-refractivity contribution in [2.75, 3.05) is 13.1 Å². The van der Waals surface area contributed by atoms with Crippen molar-refractivity contribution in [1.82, 2.24) is 19.6 Å². The van der Waals surface area contributed by atoms with Crippen molar-refractivity contribution in [2.45, 2.75) is 89.5 Å². The van der Waals surface area contributed by atoms with Gasteiger partial charge >= 0.3 is 0 Å². The maximum atomic E-state index is 13.9. The van der Waals surface area contributed by atoms with Crippen LogP contribution >= 0.6 is 0 Å². The molecule has 0 radical (unpaired) electrons. The van der Waals surface area contributed by atoms with Crippen LogP contribution in [0.2, 0.25) is 0 Å². The van der Waals surface area contributed by atoms with Gasteiger partial charge in [0.2, 0.25) is 15.9 Å². The maximum absolute atomic E-state index is 13.9. The molecule has 2 aromatic carbocycles. The van der Waals surface area contributed by atoms with Crippen LogP contribution in [0.1, 0.15) is 78.0 Å². The number of benzene rings is 2. The number of carbonyl (C=O) groups excluding carboxylic acids is 1. The van der Waals surface area contributed by atoms with Gasteiger partial charge in [0.1, 0.15) is 11.8 Å². The van der Waals surface area contributed by atoms with E-state index >= 15 is 0 Å². The highest BCUT2D eigenvalue weighted by Gasteiger charge is 2.34. The monoisotopic (exact) mass is 554 g/mol. The summed E-state index contributed by atoms with van der Waals surface area (Å²) in [5, 5.41) is 11.1. The number of carbonyl (C=O) groups is 1. The van der Waals surface area contributed by atoms with E-state index in [9.17, 15) is 18.3 Å². The van der Waals surface area contributed by atoms with E-state index in [0.29, 0.717) is 30.1 Å². The molecule has 3 N–H and O–H groups in total. The van der Waals surface area contributed by atoms with Crippen LogP contribution in [0.15, 0.2) is 41.6 Å². The van der Waals surface area contributed by atoms with Crippen molar-refractivity contribution in [2.24, 2.45) is 5.92 Å². The molecule has 4 rings (SSSR count). The van der Waals surface area contributed by atoms with Crippen molar-refractivity contribution < 1.29 is 18.3 Å². The first-order valence-corrected chi connectivity index (χ1v) is 15.2. The summed E-state index contributed by atoms with van der Waals surface area (Å²) < 4.78 is 30.6. The zero-order valence-electron chi connectivity index (χ0n) is 24.1.